The molecule has 1 fully saturated rings. The van der Waals surface area contributed by atoms with Crippen LogP contribution in [0.4, 0.5) is 0 Å². The second-order valence-electron chi connectivity index (χ2n) is 4.91. The summed E-state index contributed by atoms with van der Waals surface area (Å²) in [7, 11) is 0. The molecule has 0 saturated heterocycles. The Morgan fingerprint density at radius 3 is 2.88 bits per heavy atom. The van der Waals surface area contributed by atoms with E-state index in [-0.39, 0.29) is 0 Å². The third-order valence-electron chi connectivity index (χ3n) is 3.56. The molecule has 16 heavy (non-hydrogen) atoms. The van der Waals surface area contributed by atoms with Crippen molar-refractivity contribution in [3.05, 3.63) is 16.1 Å². The van der Waals surface area contributed by atoms with Crippen LogP contribution < -0.4 is 5.32 Å². The molecule has 2 rings (SSSR count). The molecule has 1 unspecified atom stereocenters. The van der Waals surface area contributed by atoms with Crippen molar-refractivity contribution in [2.75, 3.05) is 6.54 Å². The van der Waals surface area contributed by atoms with E-state index in [1.54, 1.807) is 11.3 Å². The van der Waals surface area contributed by atoms with Crippen molar-refractivity contribution in [2.45, 2.75) is 52.0 Å². The van der Waals surface area contributed by atoms with Crippen LogP contribution in [0, 0.1) is 12.8 Å². The number of nitrogens with one attached hydrogen (secondary N) is 1. The highest BCUT2D eigenvalue weighted by Crippen LogP contribution is 2.27. The normalized spacial score (nSPS) is 19.1. The molecule has 1 aromatic heterocycles. The van der Waals surface area contributed by atoms with Gasteiger partial charge in [0.05, 0.1) is 10.7 Å². The van der Waals surface area contributed by atoms with E-state index < -0.39 is 0 Å². The SMILES string of the molecule is Cc1nc(C(C)NCCC2CCCC2)cs1. The Hall–Kier alpha value is -0.410. The minimum absolute atomic E-state index is 0.409. The van der Waals surface area contributed by atoms with Crippen molar-refractivity contribution in [3.63, 3.8) is 0 Å². The molecule has 0 amide bonds. The van der Waals surface area contributed by atoms with Gasteiger partial charge in [0.2, 0.25) is 0 Å². The topological polar surface area (TPSA) is 24.9 Å². The lowest BCUT2D eigenvalue weighted by atomic mass is 10.0. The number of rotatable bonds is 5. The number of aryl methyl sites for hydroxylation is 1. The molecule has 0 spiro atoms. The van der Waals surface area contributed by atoms with Crippen molar-refractivity contribution >= 4 is 11.3 Å². The summed E-state index contributed by atoms with van der Waals surface area (Å²) in [6.07, 6.45) is 7.14. The minimum atomic E-state index is 0.409. The number of thiazole rings is 1. The zero-order chi connectivity index (χ0) is 11.4. The van der Waals surface area contributed by atoms with Crippen LogP contribution >= 0.6 is 11.3 Å². The van der Waals surface area contributed by atoms with E-state index in [4.69, 9.17) is 0 Å². The molecule has 0 aromatic carbocycles. The lowest BCUT2D eigenvalue weighted by molar-refractivity contribution is 0.452. The highest BCUT2D eigenvalue weighted by atomic mass is 32.1. The minimum Gasteiger partial charge on any atom is -0.309 e. The summed E-state index contributed by atoms with van der Waals surface area (Å²) in [6.45, 7) is 5.42. The molecule has 90 valence electrons. The van der Waals surface area contributed by atoms with E-state index in [9.17, 15) is 0 Å². The maximum Gasteiger partial charge on any atom is 0.0898 e. The van der Waals surface area contributed by atoms with Gasteiger partial charge in [0, 0.05) is 11.4 Å². The largest absolute Gasteiger partial charge is 0.309 e. The molecule has 2 nitrogen and oxygen atoms in total. The molecule has 1 saturated carbocycles. The van der Waals surface area contributed by atoms with Crippen molar-refractivity contribution < 1.29 is 0 Å². The van der Waals surface area contributed by atoms with Crippen LogP contribution in [0.15, 0.2) is 5.38 Å². The average molecular weight is 238 g/mol. The standard InChI is InChI=1S/C13H22N2S/c1-10(13-9-16-11(2)15-13)14-8-7-12-5-3-4-6-12/h9-10,12,14H,3-8H2,1-2H3. The van der Waals surface area contributed by atoms with E-state index >= 15 is 0 Å². The van der Waals surface area contributed by atoms with E-state index in [1.165, 1.54) is 42.8 Å². The van der Waals surface area contributed by atoms with E-state index in [0.717, 1.165) is 12.5 Å². The second-order valence-corrected chi connectivity index (χ2v) is 5.97. The molecule has 0 bridgehead atoms. The first-order chi connectivity index (χ1) is 7.75. The Morgan fingerprint density at radius 1 is 1.50 bits per heavy atom. The summed E-state index contributed by atoms with van der Waals surface area (Å²) < 4.78 is 0. The molecule has 1 aromatic rings. The van der Waals surface area contributed by atoms with E-state index in [2.05, 4.69) is 29.5 Å². The molecule has 1 heterocycles. The summed E-state index contributed by atoms with van der Waals surface area (Å²) in [5.41, 5.74) is 1.20. The van der Waals surface area contributed by atoms with Crippen molar-refractivity contribution in [2.24, 2.45) is 5.92 Å². The predicted octanol–water partition coefficient (Wildman–Crippen LogP) is 3.68. The fourth-order valence-electron chi connectivity index (χ4n) is 2.49. The van der Waals surface area contributed by atoms with Crippen molar-refractivity contribution in [1.82, 2.24) is 10.3 Å². The lowest BCUT2D eigenvalue weighted by Crippen LogP contribution is -2.21. The Bertz CT molecular complexity index is 315. The lowest BCUT2D eigenvalue weighted by Gasteiger charge is -2.14. The summed E-state index contributed by atoms with van der Waals surface area (Å²) in [4.78, 5) is 4.52. The van der Waals surface area contributed by atoms with Crippen LogP contribution in [0.3, 0.4) is 0 Å². The van der Waals surface area contributed by atoms with Gasteiger partial charge in [0.15, 0.2) is 0 Å². The fourth-order valence-corrected chi connectivity index (χ4v) is 3.19. The summed E-state index contributed by atoms with van der Waals surface area (Å²) in [5, 5.41) is 6.92. The number of aromatic nitrogens is 1. The molecule has 1 atom stereocenters. The zero-order valence-corrected chi connectivity index (χ0v) is 11.1. The van der Waals surface area contributed by atoms with Gasteiger partial charge in [0.1, 0.15) is 0 Å². The third-order valence-corrected chi connectivity index (χ3v) is 4.35. The highest BCUT2D eigenvalue weighted by molar-refractivity contribution is 7.09. The number of hydrogen-bond donors (Lipinski definition) is 1. The Kier molecular flexibility index (Phi) is 4.36. The quantitative estimate of drug-likeness (QED) is 0.846. The molecule has 1 aliphatic carbocycles. The second kappa shape index (κ2) is 5.78. The molecular weight excluding hydrogens is 216 g/mol. The van der Waals surface area contributed by atoms with Crippen LogP contribution in [0.2, 0.25) is 0 Å². The molecule has 0 radical (unpaired) electrons. The third kappa shape index (κ3) is 3.29. The molecular formula is C13H22N2S. The van der Waals surface area contributed by atoms with E-state index in [0.29, 0.717) is 6.04 Å². The van der Waals surface area contributed by atoms with Gasteiger partial charge in [-0.25, -0.2) is 4.98 Å². The number of hydrogen-bond acceptors (Lipinski definition) is 3. The zero-order valence-electron chi connectivity index (χ0n) is 10.3. The molecule has 1 aliphatic rings. The van der Waals surface area contributed by atoms with Crippen molar-refractivity contribution in [1.29, 1.82) is 0 Å². The van der Waals surface area contributed by atoms with Crippen LogP contribution in [0.1, 0.15) is 55.8 Å². The Morgan fingerprint density at radius 2 is 2.25 bits per heavy atom. The first-order valence-electron chi connectivity index (χ1n) is 6.41. The average Bonchev–Trinajstić information content (AvgIpc) is 2.89. The Labute approximate surface area is 102 Å². The summed E-state index contributed by atoms with van der Waals surface area (Å²) in [5.74, 6) is 0.983. The van der Waals surface area contributed by atoms with Gasteiger partial charge in [-0.2, -0.15) is 0 Å². The number of nitrogens with zero attached hydrogens (tertiary/aromatic N) is 1. The van der Waals surface area contributed by atoms with Crippen LogP contribution in [0.25, 0.3) is 0 Å². The molecule has 0 aliphatic heterocycles. The molecule has 1 N–H and O–H groups in total. The monoisotopic (exact) mass is 238 g/mol. The summed E-state index contributed by atoms with van der Waals surface area (Å²) in [6, 6.07) is 0.409. The van der Waals surface area contributed by atoms with Gasteiger partial charge in [-0.1, -0.05) is 25.7 Å². The smallest absolute Gasteiger partial charge is 0.0898 e. The van der Waals surface area contributed by atoms with Crippen LogP contribution in [-0.4, -0.2) is 11.5 Å². The Balaban J connectivity index is 1.69. The van der Waals surface area contributed by atoms with Crippen LogP contribution in [-0.2, 0) is 0 Å². The maximum absolute atomic E-state index is 4.52. The maximum atomic E-state index is 4.52. The van der Waals surface area contributed by atoms with Crippen molar-refractivity contribution in [3.8, 4) is 0 Å². The van der Waals surface area contributed by atoms with Crippen LogP contribution in [0.5, 0.6) is 0 Å². The van der Waals surface area contributed by atoms with Gasteiger partial charge in [0.25, 0.3) is 0 Å². The molecule has 3 heteroatoms. The first kappa shape index (κ1) is 12.1. The van der Waals surface area contributed by atoms with Gasteiger partial charge < -0.3 is 5.32 Å². The predicted molar refractivity (Wildman–Crippen MR) is 69.8 cm³/mol. The van der Waals surface area contributed by atoms with Gasteiger partial charge in [-0.05, 0) is 32.7 Å². The fraction of sp³-hybridized carbons (Fsp3) is 0.769. The van der Waals surface area contributed by atoms with Gasteiger partial charge in [-0.3, -0.25) is 0 Å². The van der Waals surface area contributed by atoms with E-state index in [1.807, 2.05) is 0 Å². The summed E-state index contributed by atoms with van der Waals surface area (Å²) >= 11 is 1.74. The van der Waals surface area contributed by atoms with Gasteiger partial charge in [-0.15, -0.1) is 11.3 Å². The highest BCUT2D eigenvalue weighted by Gasteiger charge is 2.15. The first-order valence-corrected chi connectivity index (χ1v) is 7.29. The van der Waals surface area contributed by atoms with Gasteiger partial charge >= 0.3 is 0 Å².